The van der Waals surface area contributed by atoms with Gasteiger partial charge in [0.05, 0.1) is 0 Å². The first-order valence-corrected chi connectivity index (χ1v) is 0.836. The van der Waals surface area contributed by atoms with E-state index < -0.39 is 0 Å². The third-order valence-electron chi connectivity index (χ3n) is 0. The van der Waals surface area contributed by atoms with E-state index in [9.17, 15) is 0 Å². The predicted molar refractivity (Wildman–Crippen MR) is 15.1 cm³/mol. The molecule has 0 fully saturated rings. The topological polar surface area (TPSA) is 22.3 Å². The first-order valence-electron chi connectivity index (χ1n) is 0.836. The van der Waals surface area contributed by atoms with Crippen molar-refractivity contribution in [3.63, 3.8) is 0 Å². The molecule has 0 aliphatic heterocycles. The monoisotopic (exact) mass is 226 g/mol. The van der Waals surface area contributed by atoms with Gasteiger partial charge >= 0.3 is 0 Å². The summed E-state index contributed by atoms with van der Waals surface area (Å²) in [7, 11) is 0. The van der Waals surface area contributed by atoms with Crippen LogP contribution in [0.5, 0.6) is 0 Å². The Morgan fingerprint density at radius 2 is 1.75 bits per heavy atom. The first kappa shape index (κ1) is 8.84. The van der Waals surface area contributed by atoms with E-state index in [2.05, 4.69) is 0 Å². The quantitative estimate of drug-likeness (QED) is 0.541. The van der Waals surface area contributed by atoms with E-state index in [1.54, 1.807) is 6.92 Å². The fourth-order valence-corrected chi connectivity index (χ4v) is 0. The minimum atomic E-state index is 0. The average molecular weight is 226 g/mol. The molecule has 0 heterocycles. The summed E-state index contributed by atoms with van der Waals surface area (Å²) in [4.78, 5) is 0. The summed E-state index contributed by atoms with van der Waals surface area (Å²) < 4.78 is 0. The van der Waals surface area contributed by atoms with Gasteiger partial charge in [-0.1, -0.05) is 6.92 Å². The van der Waals surface area contributed by atoms with E-state index in [0.29, 0.717) is 0 Å². The molecule has 24 valence electrons. The molecule has 0 aromatic carbocycles. The largest absolute Gasteiger partial charge is 0.814 e. The summed E-state index contributed by atoms with van der Waals surface area (Å²) >= 11 is 0. The molecule has 0 aliphatic carbocycles. The molecule has 0 bridgehead atoms. The minimum Gasteiger partial charge on any atom is -0.814 e. The van der Waals surface area contributed by atoms with E-state index in [-0.39, 0.29) is 21.1 Å². The van der Waals surface area contributed by atoms with Crippen molar-refractivity contribution in [1.82, 2.24) is 0 Å². The molecule has 0 aromatic rings. The van der Waals surface area contributed by atoms with Gasteiger partial charge in [0.15, 0.2) is 0 Å². The summed E-state index contributed by atoms with van der Waals surface area (Å²) in [6.07, 6.45) is 1.00. The van der Waals surface area contributed by atoms with Crippen LogP contribution in [0.4, 0.5) is 0 Å². The summed E-state index contributed by atoms with van der Waals surface area (Å²) in [6.45, 7) is 1.56. The number of hydrogen-bond donors (Lipinski definition) is 0. The molecule has 0 radical (unpaired) electrons. The van der Waals surface area contributed by atoms with Crippen LogP contribution in [-0.4, -0.2) is 6.21 Å². The molecule has 0 atom stereocenters. The maximum absolute atomic E-state index is 7.44. The Morgan fingerprint density at radius 1 is 1.75 bits per heavy atom. The zero-order valence-electron chi connectivity index (χ0n) is 2.43. The number of nitrogens with zero attached hydrogens (tertiary/aromatic N) is 1. The molecule has 4 heavy (non-hydrogen) atoms. The SMILES string of the molecule is CC=[N-].[W]. The van der Waals surface area contributed by atoms with E-state index in [1.807, 2.05) is 0 Å². The number of hydrogen-bond acceptors (Lipinski definition) is 0. The van der Waals surface area contributed by atoms with Crippen molar-refractivity contribution in [2.45, 2.75) is 6.92 Å². The molecule has 0 N–H and O–H groups in total. The second-order valence-electron chi connectivity index (χ2n) is 0.258. The van der Waals surface area contributed by atoms with Gasteiger partial charge in [-0.15, -0.1) is 0 Å². The van der Waals surface area contributed by atoms with E-state index in [4.69, 9.17) is 5.41 Å². The van der Waals surface area contributed by atoms with Crippen LogP contribution in [0.3, 0.4) is 0 Å². The second kappa shape index (κ2) is 10.1. The summed E-state index contributed by atoms with van der Waals surface area (Å²) in [5.41, 5.74) is 0. The zero-order valence-corrected chi connectivity index (χ0v) is 5.37. The van der Waals surface area contributed by atoms with Crippen molar-refractivity contribution in [2.75, 3.05) is 0 Å². The van der Waals surface area contributed by atoms with Gasteiger partial charge in [0.1, 0.15) is 0 Å². The Bertz CT molecular complexity index is 13.5. The normalized spacial score (nSPS) is 3.25. The van der Waals surface area contributed by atoms with Gasteiger partial charge in [0.25, 0.3) is 0 Å². The van der Waals surface area contributed by atoms with Crippen LogP contribution >= 0.6 is 0 Å². The fourth-order valence-electron chi connectivity index (χ4n) is 0. The van der Waals surface area contributed by atoms with Crippen molar-refractivity contribution < 1.29 is 21.1 Å². The van der Waals surface area contributed by atoms with Crippen LogP contribution in [0.25, 0.3) is 5.41 Å². The van der Waals surface area contributed by atoms with Crippen molar-refractivity contribution in [1.29, 1.82) is 0 Å². The standard InChI is InChI=1S/C2H4N.W/c1-2-3;/h2H,1H3;/q-1;. The van der Waals surface area contributed by atoms with Gasteiger partial charge < -0.3 is 5.41 Å². The molecule has 0 saturated carbocycles. The van der Waals surface area contributed by atoms with Gasteiger partial charge in [0.2, 0.25) is 0 Å². The van der Waals surface area contributed by atoms with Gasteiger partial charge in [-0.25, -0.2) is 6.21 Å². The van der Waals surface area contributed by atoms with Crippen LogP contribution in [0.1, 0.15) is 6.92 Å². The van der Waals surface area contributed by atoms with Gasteiger partial charge in [-0.2, -0.15) is 0 Å². The predicted octanol–water partition coefficient (Wildman–Crippen LogP) is 0.644. The summed E-state index contributed by atoms with van der Waals surface area (Å²) in [5, 5.41) is 7.44. The zero-order chi connectivity index (χ0) is 2.71. The molecular formula is C2H4NW-. The smallest absolute Gasteiger partial charge is 0 e. The third kappa shape index (κ3) is 33.9. The molecule has 0 spiro atoms. The maximum Gasteiger partial charge on any atom is 0 e. The molecule has 0 aliphatic rings. The molecule has 1 nitrogen and oxygen atoms in total. The number of rotatable bonds is 0. The molecule has 2 heteroatoms. The van der Waals surface area contributed by atoms with E-state index in [1.165, 1.54) is 0 Å². The summed E-state index contributed by atoms with van der Waals surface area (Å²) in [6, 6.07) is 0. The van der Waals surface area contributed by atoms with Crippen molar-refractivity contribution in [3.8, 4) is 0 Å². The molecule has 0 unspecified atom stereocenters. The molecule has 0 amide bonds. The Kier molecular flexibility index (Phi) is 22.4. The molecule has 0 rings (SSSR count). The van der Waals surface area contributed by atoms with Crippen LogP contribution in [0, 0.1) is 0 Å². The van der Waals surface area contributed by atoms with Crippen molar-refractivity contribution in [3.05, 3.63) is 5.41 Å². The first-order chi connectivity index (χ1) is 1.41. The molecule has 0 aromatic heterocycles. The Balaban J connectivity index is 0. The summed E-state index contributed by atoms with van der Waals surface area (Å²) in [5.74, 6) is 0. The Morgan fingerprint density at radius 3 is 1.75 bits per heavy atom. The van der Waals surface area contributed by atoms with E-state index in [0.717, 1.165) is 6.21 Å². The van der Waals surface area contributed by atoms with Crippen LogP contribution < -0.4 is 0 Å². The van der Waals surface area contributed by atoms with Gasteiger partial charge in [0, 0.05) is 21.1 Å². The average Bonchev–Trinajstić information content (AvgIpc) is 0.918. The second-order valence-corrected chi connectivity index (χ2v) is 0.258. The minimum absolute atomic E-state index is 0. The molecule has 0 saturated heterocycles. The van der Waals surface area contributed by atoms with Gasteiger partial charge in [-0.3, -0.25) is 0 Å². The Labute approximate surface area is 40.2 Å². The van der Waals surface area contributed by atoms with Crippen LogP contribution in [0.2, 0.25) is 0 Å². The van der Waals surface area contributed by atoms with Gasteiger partial charge in [-0.05, 0) is 0 Å². The van der Waals surface area contributed by atoms with Crippen LogP contribution in [0.15, 0.2) is 0 Å². The van der Waals surface area contributed by atoms with Crippen molar-refractivity contribution in [2.24, 2.45) is 0 Å². The van der Waals surface area contributed by atoms with E-state index >= 15 is 0 Å². The third-order valence-corrected chi connectivity index (χ3v) is 0. The fraction of sp³-hybridized carbons (Fsp3) is 0.500. The Hall–Kier alpha value is 0.358. The van der Waals surface area contributed by atoms with Crippen LogP contribution in [-0.2, 0) is 21.1 Å². The van der Waals surface area contributed by atoms with Crippen molar-refractivity contribution >= 4 is 6.21 Å². The molecular weight excluding hydrogens is 222 g/mol. The maximum atomic E-state index is 7.44.